The molecule has 1 aromatic heterocycles. The maximum atomic E-state index is 12.4. The van der Waals surface area contributed by atoms with Gasteiger partial charge in [0.1, 0.15) is 11.0 Å². The minimum Gasteiger partial charge on any atom is -0.204 e. The molecule has 0 amide bonds. The second kappa shape index (κ2) is 4.88. The van der Waals surface area contributed by atoms with Gasteiger partial charge in [0.15, 0.2) is 0 Å². The summed E-state index contributed by atoms with van der Waals surface area (Å²) < 4.78 is 25.8. The first-order valence-electron chi connectivity index (χ1n) is 5.85. The maximum Gasteiger partial charge on any atom is 0.259 e. The smallest absolute Gasteiger partial charge is 0.204 e. The fourth-order valence-corrected chi connectivity index (χ4v) is 3.58. The molecular formula is C13H10ClN3O2S. The molecule has 0 fully saturated rings. The molecule has 0 N–H and O–H groups in total. The Balaban J connectivity index is 2.07. The molecule has 0 aliphatic heterocycles. The van der Waals surface area contributed by atoms with Gasteiger partial charge in [0.25, 0.3) is 10.0 Å². The molecule has 7 heteroatoms. The van der Waals surface area contributed by atoms with Crippen molar-refractivity contribution >= 4 is 32.7 Å². The lowest BCUT2D eigenvalue weighted by Crippen LogP contribution is -2.16. The molecule has 0 saturated heterocycles. The third kappa shape index (κ3) is 2.28. The van der Waals surface area contributed by atoms with Crippen molar-refractivity contribution in [2.24, 2.45) is 0 Å². The predicted octanol–water partition coefficient (Wildman–Crippen LogP) is 2.46. The van der Waals surface area contributed by atoms with Gasteiger partial charge in [-0.3, -0.25) is 0 Å². The summed E-state index contributed by atoms with van der Waals surface area (Å²) in [5, 5.41) is 8.00. The number of hydrogen-bond acceptors (Lipinski definition) is 4. The Hall–Kier alpha value is -1.92. The highest BCUT2D eigenvalue weighted by Gasteiger charge is 2.20. The van der Waals surface area contributed by atoms with Crippen LogP contribution in [0.3, 0.4) is 0 Å². The summed E-state index contributed by atoms with van der Waals surface area (Å²) >= 11 is 6.00. The molecular weight excluding hydrogens is 298 g/mol. The molecule has 5 nitrogen and oxygen atoms in total. The summed E-state index contributed by atoms with van der Waals surface area (Å²) in [5.74, 6) is -0.222. The zero-order valence-electron chi connectivity index (χ0n) is 10.3. The number of benzene rings is 2. The number of para-hydroxylation sites is 1. The molecule has 0 unspecified atom stereocenters. The van der Waals surface area contributed by atoms with Gasteiger partial charge in [0.05, 0.1) is 5.75 Å². The van der Waals surface area contributed by atoms with E-state index in [0.717, 1.165) is 4.09 Å². The molecule has 0 bridgehead atoms. The topological polar surface area (TPSA) is 64.8 Å². The van der Waals surface area contributed by atoms with E-state index in [-0.39, 0.29) is 5.75 Å². The van der Waals surface area contributed by atoms with E-state index in [2.05, 4.69) is 10.3 Å². The van der Waals surface area contributed by atoms with Gasteiger partial charge in [-0.1, -0.05) is 47.1 Å². The number of nitrogens with zero attached hydrogens (tertiary/aromatic N) is 3. The van der Waals surface area contributed by atoms with Crippen molar-refractivity contribution in [2.45, 2.75) is 5.75 Å². The molecule has 0 atom stereocenters. The van der Waals surface area contributed by atoms with E-state index < -0.39 is 10.0 Å². The first kappa shape index (κ1) is 13.1. The summed E-state index contributed by atoms with van der Waals surface area (Å²) in [6, 6.07) is 13.7. The fraction of sp³-hybridized carbons (Fsp3) is 0.0769. The lowest BCUT2D eigenvalue weighted by atomic mass is 10.2. The summed E-state index contributed by atoms with van der Waals surface area (Å²) in [5.41, 5.74) is 1.53. The van der Waals surface area contributed by atoms with E-state index in [1.807, 2.05) is 0 Å². The molecule has 1 heterocycles. The third-order valence-corrected chi connectivity index (χ3v) is 4.72. The minimum absolute atomic E-state index is 0.222. The molecule has 0 aliphatic rings. The van der Waals surface area contributed by atoms with Crippen molar-refractivity contribution in [3.05, 3.63) is 59.1 Å². The highest BCUT2D eigenvalue weighted by atomic mass is 35.5. The summed E-state index contributed by atoms with van der Waals surface area (Å²) in [6.07, 6.45) is 0. The van der Waals surface area contributed by atoms with Crippen LogP contribution in [0.15, 0.2) is 48.5 Å². The maximum absolute atomic E-state index is 12.4. The van der Waals surface area contributed by atoms with E-state index in [1.54, 1.807) is 48.5 Å². The van der Waals surface area contributed by atoms with Crippen molar-refractivity contribution < 1.29 is 8.42 Å². The SMILES string of the molecule is O=S(=O)(Cc1ccccc1Cl)n1nnc2ccccc21. The van der Waals surface area contributed by atoms with Crippen LogP contribution in [-0.2, 0) is 15.8 Å². The molecule has 102 valence electrons. The highest BCUT2D eigenvalue weighted by molar-refractivity contribution is 7.89. The number of fused-ring (bicyclic) bond motifs is 1. The van der Waals surface area contributed by atoms with Crippen LogP contribution in [0.5, 0.6) is 0 Å². The number of hydrogen-bond donors (Lipinski definition) is 0. The molecule has 2 aromatic carbocycles. The second-order valence-electron chi connectivity index (χ2n) is 4.27. The van der Waals surface area contributed by atoms with Crippen molar-refractivity contribution in [3.63, 3.8) is 0 Å². The average Bonchev–Trinajstić information content (AvgIpc) is 2.86. The van der Waals surface area contributed by atoms with E-state index in [4.69, 9.17) is 11.6 Å². The Bertz CT molecular complexity index is 874. The van der Waals surface area contributed by atoms with Crippen molar-refractivity contribution in [2.75, 3.05) is 0 Å². The van der Waals surface area contributed by atoms with Crippen LogP contribution in [0, 0.1) is 0 Å². The van der Waals surface area contributed by atoms with Crippen LogP contribution < -0.4 is 0 Å². The molecule has 20 heavy (non-hydrogen) atoms. The quantitative estimate of drug-likeness (QED) is 0.745. The predicted molar refractivity (Wildman–Crippen MR) is 77.0 cm³/mol. The number of halogens is 1. The van der Waals surface area contributed by atoms with Gasteiger partial charge in [0, 0.05) is 5.02 Å². The summed E-state index contributed by atoms with van der Waals surface area (Å²) in [6.45, 7) is 0. The zero-order chi connectivity index (χ0) is 14.2. The van der Waals surface area contributed by atoms with Crippen LogP contribution in [0.4, 0.5) is 0 Å². The summed E-state index contributed by atoms with van der Waals surface area (Å²) in [7, 11) is -3.66. The zero-order valence-corrected chi connectivity index (χ0v) is 11.8. The van der Waals surface area contributed by atoms with Gasteiger partial charge in [-0.2, -0.15) is 0 Å². The van der Waals surface area contributed by atoms with Crippen LogP contribution in [0.1, 0.15) is 5.56 Å². The van der Waals surface area contributed by atoms with Crippen LogP contribution in [0.25, 0.3) is 11.0 Å². The van der Waals surface area contributed by atoms with Crippen LogP contribution in [0.2, 0.25) is 5.02 Å². The average molecular weight is 308 g/mol. The van der Waals surface area contributed by atoms with Crippen molar-refractivity contribution in [3.8, 4) is 0 Å². The lowest BCUT2D eigenvalue weighted by Gasteiger charge is -2.06. The van der Waals surface area contributed by atoms with Gasteiger partial charge in [-0.25, -0.2) is 8.42 Å². The van der Waals surface area contributed by atoms with Gasteiger partial charge < -0.3 is 0 Å². The largest absolute Gasteiger partial charge is 0.259 e. The standard InChI is InChI=1S/C13H10ClN3O2S/c14-11-6-2-1-5-10(11)9-20(18,19)17-13-8-4-3-7-12(13)15-16-17/h1-8H,9H2. The van der Waals surface area contributed by atoms with Gasteiger partial charge in [-0.05, 0) is 23.8 Å². The Morgan fingerprint density at radius 2 is 1.75 bits per heavy atom. The van der Waals surface area contributed by atoms with Crippen molar-refractivity contribution in [1.29, 1.82) is 0 Å². The third-order valence-electron chi connectivity index (χ3n) is 2.88. The highest BCUT2D eigenvalue weighted by Crippen LogP contribution is 2.20. The van der Waals surface area contributed by atoms with E-state index in [1.165, 1.54) is 0 Å². The Kier molecular flexibility index (Phi) is 3.19. The normalized spacial score (nSPS) is 11.8. The monoisotopic (exact) mass is 307 g/mol. The first-order valence-corrected chi connectivity index (χ1v) is 7.84. The van der Waals surface area contributed by atoms with E-state index >= 15 is 0 Å². The van der Waals surface area contributed by atoms with Gasteiger partial charge in [-0.15, -0.1) is 9.19 Å². The Labute approximate surface area is 120 Å². The van der Waals surface area contributed by atoms with Gasteiger partial charge >= 0.3 is 0 Å². The fourth-order valence-electron chi connectivity index (χ4n) is 1.93. The summed E-state index contributed by atoms with van der Waals surface area (Å²) in [4.78, 5) is 0. The van der Waals surface area contributed by atoms with E-state index in [0.29, 0.717) is 21.6 Å². The van der Waals surface area contributed by atoms with Crippen LogP contribution >= 0.6 is 11.6 Å². The van der Waals surface area contributed by atoms with Gasteiger partial charge in [0.2, 0.25) is 0 Å². The first-order chi connectivity index (χ1) is 9.58. The molecule has 0 radical (unpaired) electrons. The van der Waals surface area contributed by atoms with E-state index in [9.17, 15) is 8.42 Å². The molecule has 0 aliphatic carbocycles. The minimum atomic E-state index is -3.66. The molecule has 0 saturated carbocycles. The Morgan fingerprint density at radius 3 is 2.55 bits per heavy atom. The molecule has 3 rings (SSSR count). The number of aromatic nitrogens is 3. The Morgan fingerprint density at radius 1 is 1.05 bits per heavy atom. The number of rotatable bonds is 3. The molecule has 3 aromatic rings. The lowest BCUT2D eigenvalue weighted by molar-refractivity contribution is 0.578. The second-order valence-corrected chi connectivity index (χ2v) is 6.47. The van der Waals surface area contributed by atoms with Crippen LogP contribution in [-0.4, -0.2) is 22.8 Å². The molecule has 0 spiro atoms. The van der Waals surface area contributed by atoms with Crippen molar-refractivity contribution in [1.82, 2.24) is 14.4 Å².